The molecular weight excluding hydrogens is 409 g/mol. The molecule has 3 atom stereocenters. The Morgan fingerprint density at radius 1 is 1.32 bits per heavy atom. The molecule has 0 aromatic carbocycles. The number of imidazole rings is 1. The predicted octanol–water partition coefficient (Wildman–Crippen LogP) is 1.47. The molecule has 11 nitrogen and oxygen atoms in total. The van der Waals surface area contributed by atoms with E-state index < -0.39 is 19.1 Å². The molecule has 2 unspecified atom stereocenters. The van der Waals surface area contributed by atoms with Crippen molar-refractivity contribution in [3.05, 3.63) is 24.2 Å². The molecule has 3 N–H and O–H groups in total. The van der Waals surface area contributed by atoms with E-state index in [1.807, 2.05) is 6.92 Å². The first-order chi connectivity index (χ1) is 13.4. The van der Waals surface area contributed by atoms with Crippen LogP contribution in [-0.4, -0.2) is 57.9 Å². The van der Waals surface area contributed by atoms with Crippen molar-refractivity contribution in [3.8, 4) is 0 Å². The number of allylic oxidation sites excluding steroid dienone is 1. The summed E-state index contributed by atoms with van der Waals surface area (Å²) < 4.78 is 29.3. The van der Waals surface area contributed by atoms with Gasteiger partial charge in [0.1, 0.15) is 23.9 Å². The van der Waals surface area contributed by atoms with Crippen LogP contribution in [0.5, 0.6) is 0 Å². The van der Waals surface area contributed by atoms with Gasteiger partial charge in [-0.2, -0.15) is 0 Å². The van der Waals surface area contributed by atoms with E-state index in [9.17, 15) is 4.89 Å². The Morgan fingerprint density at radius 2 is 2.11 bits per heavy atom. The standard InChI is InChI=1S/C15H22N5O6PS/c1-4-9-11(26-27(21,28)23-3)12(24-6-5-22-2)15(25-9)20-8-19-10-13(16)17-7-18-14(10)20/h7-8,12,15H,4-6H2,1-3H3,(H,21,28)(H2,16,17,18)/t12?,15-,27?/m1/s1. The number of nitrogens with two attached hydrogens (primary N) is 1. The smallest absolute Gasteiger partial charge is 0.377 e. The summed E-state index contributed by atoms with van der Waals surface area (Å²) >= 11 is 5.00. The van der Waals surface area contributed by atoms with Gasteiger partial charge in [0, 0.05) is 32.4 Å². The van der Waals surface area contributed by atoms with Gasteiger partial charge in [-0.05, 0) is 0 Å². The Labute approximate surface area is 166 Å². The molecule has 1 aliphatic heterocycles. The number of hydrogen-bond donors (Lipinski definition) is 2. The number of methoxy groups -OCH3 is 1. The van der Waals surface area contributed by atoms with Crippen molar-refractivity contribution in [1.29, 1.82) is 0 Å². The minimum absolute atomic E-state index is 0.254. The molecule has 0 amide bonds. The lowest BCUT2D eigenvalue weighted by atomic mass is 10.2. The highest BCUT2D eigenvalue weighted by molar-refractivity contribution is 8.07. The molecular formula is C15H22N5O6PS. The Hall–Kier alpha value is -1.82. The van der Waals surface area contributed by atoms with Gasteiger partial charge in [-0.1, -0.05) is 6.92 Å². The second kappa shape index (κ2) is 8.68. The molecule has 3 heterocycles. The number of rotatable bonds is 9. The van der Waals surface area contributed by atoms with E-state index in [4.69, 9.17) is 40.8 Å². The topological polar surface area (TPSA) is 136 Å². The highest BCUT2D eigenvalue weighted by Crippen LogP contribution is 2.50. The lowest BCUT2D eigenvalue weighted by molar-refractivity contribution is -0.0601. The molecule has 0 bridgehead atoms. The molecule has 0 radical (unpaired) electrons. The predicted molar refractivity (Wildman–Crippen MR) is 103 cm³/mol. The first kappa shape index (κ1) is 20.9. The summed E-state index contributed by atoms with van der Waals surface area (Å²) in [5.74, 6) is 1.01. The third-order valence-corrected chi connectivity index (χ3v) is 5.63. The van der Waals surface area contributed by atoms with Gasteiger partial charge in [-0.3, -0.25) is 4.57 Å². The van der Waals surface area contributed by atoms with E-state index in [0.29, 0.717) is 30.0 Å². The molecule has 0 spiro atoms. The first-order valence-electron chi connectivity index (χ1n) is 8.43. The minimum Gasteiger partial charge on any atom is -0.467 e. The quantitative estimate of drug-likeness (QED) is 0.441. The van der Waals surface area contributed by atoms with E-state index in [1.54, 1.807) is 11.7 Å². The van der Waals surface area contributed by atoms with Crippen LogP contribution in [0.1, 0.15) is 19.6 Å². The number of anilines is 1. The highest BCUT2D eigenvalue weighted by atomic mass is 32.5. The zero-order valence-electron chi connectivity index (χ0n) is 15.6. The molecule has 1 aliphatic rings. The number of aromatic nitrogens is 4. The van der Waals surface area contributed by atoms with Crippen molar-refractivity contribution < 1.29 is 28.2 Å². The van der Waals surface area contributed by atoms with Gasteiger partial charge in [0.05, 0.1) is 13.2 Å². The van der Waals surface area contributed by atoms with E-state index in [0.717, 1.165) is 0 Å². The van der Waals surface area contributed by atoms with Gasteiger partial charge in [-0.15, -0.1) is 0 Å². The third-order valence-electron chi connectivity index (χ3n) is 4.07. The van der Waals surface area contributed by atoms with Crippen LogP contribution in [0, 0.1) is 0 Å². The van der Waals surface area contributed by atoms with Crippen LogP contribution in [-0.2, 0) is 35.1 Å². The van der Waals surface area contributed by atoms with Gasteiger partial charge < -0.3 is 33.9 Å². The molecule has 0 saturated heterocycles. The minimum atomic E-state index is -3.50. The fraction of sp³-hybridized carbons (Fsp3) is 0.533. The maximum atomic E-state index is 10.2. The Kier molecular flexibility index (Phi) is 6.48. The van der Waals surface area contributed by atoms with E-state index in [-0.39, 0.29) is 18.2 Å². The van der Waals surface area contributed by atoms with Crippen molar-refractivity contribution in [3.63, 3.8) is 0 Å². The fourth-order valence-electron chi connectivity index (χ4n) is 2.75. The van der Waals surface area contributed by atoms with Gasteiger partial charge in [-0.25, -0.2) is 15.0 Å². The van der Waals surface area contributed by atoms with Gasteiger partial charge in [0.15, 0.2) is 23.3 Å². The van der Waals surface area contributed by atoms with E-state index >= 15 is 0 Å². The summed E-state index contributed by atoms with van der Waals surface area (Å²) in [6.45, 7) is -0.997. The Balaban J connectivity index is 2.00. The molecule has 0 saturated carbocycles. The maximum absolute atomic E-state index is 10.2. The van der Waals surface area contributed by atoms with Crippen molar-refractivity contribution in [2.75, 3.05) is 33.2 Å². The zero-order valence-corrected chi connectivity index (χ0v) is 17.4. The van der Waals surface area contributed by atoms with Crippen molar-refractivity contribution >= 4 is 35.5 Å². The van der Waals surface area contributed by atoms with Crippen LogP contribution in [0.3, 0.4) is 0 Å². The summed E-state index contributed by atoms with van der Waals surface area (Å²) in [7, 11) is 2.85. The lowest BCUT2D eigenvalue weighted by Gasteiger charge is -2.24. The summed E-state index contributed by atoms with van der Waals surface area (Å²) in [5, 5.41) is 0. The lowest BCUT2D eigenvalue weighted by Crippen LogP contribution is -2.27. The molecule has 28 heavy (non-hydrogen) atoms. The zero-order chi connectivity index (χ0) is 20.3. The van der Waals surface area contributed by atoms with Crippen LogP contribution in [0.25, 0.3) is 11.2 Å². The van der Waals surface area contributed by atoms with Crippen LogP contribution < -0.4 is 5.73 Å². The van der Waals surface area contributed by atoms with Gasteiger partial charge >= 0.3 is 6.72 Å². The molecule has 3 rings (SSSR count). The molecule has 0 aliphatic carbocycles. The highest BCUT2D eigenvalue weighted by Gasteiger charge is 2.43. The molecule has 154 valence electrons. The summed E-state index contributed by atoms with van der Waals surface area (Å²) in [6.07, 6.45) is 1.93. The number of nitrogen functional groups attached to an aromatic ring is 1. The number of hydrogen-bond acceptors (Lipinski definition) is 10. The second-order valence-corrected chi connectivity index (χ2v) is 8.63. The number of nitrogens with zero attached hydrogens (tertiary/aromatic N) is 4. The second-order valence-electron chi connectivity index (χ2n) is 5.76. The third kappa shape index (κ3) is 4.12. The first-order valence-corrected chi connectivity index (χ1v) is 11.0. The van der Waals surface area contributed by atoms with E-state index in [2.05, 4.69) is 15.0 Å². The normalized spacial score (nSPS) is 21.7. The van der Waals surface area contributed by atoms with Crippen LogP contribution in [0.4, 0.5) is 5.82 Å². The Bertz CT molecular complexity index is 921. The van der Waals surface area contributed by atoms with E-state index in [1.165, 1.54) is 19.8 Å². The monoisotopic (exact) mass is 431 g/mol. The van der Waals surface area contributed by atoms with Crippen LogP contribution in [0.2, 0.25) is 0 Å². The average molecular weight is 431 g/mol. The summed E-state index contributed by atoms with van der Waals surface area (Å²) in [4.78, 5) is 22.6. The maximum Gasteiger partial charge on any atom is 0.377 e. The van der Waals surface area contributed by atoms with Gasteiger partial charge in [0.2, 0.25) is 6.23 Å². The van der Waals surface area contributed by atoms with Gasteiger partial charge in [0.25, 0.3) is 0 Å². The Morgan fingerprint density at radius 3 is 2.79 bits per heavy atom. The summed E-state index contributed by atoms with van der Waals surface area (Å²) in [6, 6.07) is 0. The SMILES string of the molecule is CCC1=C(OP(O)(=S)OC)C(OCCOC)[C@H](n2cnc3c(N)ncnc32)O1. The number of fused-ring (bicyclic) bond motifs is 1. The fourth-order valence-corrected chi connectivity index (χ4v) is 3.52. The van der Waals surface area contributed by atoms with Crippen LogP contribution >= 0.6 is 6.72 Å². The van der Waals surface area contributed by atoms with Crippen molar-refractivity contribution in [2.24, 2.45) is 0 Å². The molecule has 2 aromatic heterocycles. The molecule has 0 fully saturated rings. The largest absolute Gasteiger partial charge is 0.467 e. The number of ether oxygens (including phenoxy) is 3. The van der Waals surface area contributed by atoms with Crippen molar-refractivity contribution in [1.82, 2.24) is 19.5 Å². The van der Waals surface area contributed by atoms with Crippen molar-refractivity contribution in [2.45, 2.75) is 25.7 Å². The average Bonchev–Trinajstić information content (AvgIpc) is 3.24. The van der Waals surface area contributed by atoms with Crippen LogP contribution in [0.15, 0.2) is 24.2 Å². The molecule has 2 aromatic rings. The molecule has 13 heteroatoms. The summed E-state index contributed by atoms with van der Waals surface area (Å²) in [5.41, 5.74) is 6.79.